The second-order valence-corrected chi connectivity index (χ2v) is 9.74. The largest absolute Gasteiger partial charge is 0.435 e. The quantitative estimate of drug-likeness (QED) is 0.789. The van der Waals surface area contributed by atoms with Crippen molar-refractivity contribution in [2.24, 2.45) is 0 Å². The van der Waals surface area contributed by atoms with Crippen molar-refractivity contribution in [1.29, 1.82) is 0 Å². The van der Waals surface area contributed by atoms with Crippen molar-refractivity contribution in [2.45, 2.75) is 56.8 Å². The number of ether oxygens (including phenoxy) is 1. The van der Waals surface area contributed by atoms with Gasteiger partial charge in [-0.25, -0.2) is 13.1 Å². The van der Waals surface area contributed by atoms with Crippen LogP contribution in [0.1, 0.15) is 43.3 Å². The molecule has 1 aromatic carbocycles. The highest BCUT2D eigenvalue weighted by molar-refractivity contribution is 7.89. The van der Waals surface area contributed by atoms with Gasteiger partial charge < -0.3 is 4.74 Å². The number of rotatable bonds is 5. The Hall–Kier alpha value is -1.91. The highest BCUT2D eigenvalue weighted by Crippen LogP contribution is 2.34. The van der Waals surface area contributed by atoms with E-state index < -0.39 is 21.9 Å². The van der Waals surface area contributed by atoms with Crippen molar-refractivity contribution in [2.75, 3.05) is 13.2 Å². The molecule has 29 heavy (non-hydrogen) atoms. The molecule has 2 aromatic rings. The molecule has 3 rings (SSSR count). The summed E-state index contributed by atoms with van der Waals surface area (Å²) in [6.45, 7) is 6.17. The number of hydrogen-bond acceptors (Lipinski definition) is 4. The third-order valence-corrected chi connectivity index (χ3v) is 6.29. The number of hydrogen-bond donors (Lipinski definition) is 1. The number of fused-ring (bicyclic) bond motifs is 1. The van der Waals surface area contributed by atoms with Crippen LogP contribution in [0, 0.1) is 0 Å². The lowest BCUT2D eigenvalue weighted by atomic mass is 9.87. The maximum Gasteiger partial charge on any atom is 0.435 e. The molecule has 1 N–H and O–H groups in total. The number of sulfonamides is 1. The Morgan fingerprint density at radius 3 is 2.41 bits per heavy atom. The Balaban J connectivity index is 1.72. The molecule has 0 radical (unpaired) electrons. The Morgan fingerprint density at radius 2 is 1.83 bits per heavy atom. The number of benzene rings is 1. The van der Waals surface area contributed by atoms with E-state index >= 15 is 0 Å². The van der Waals surface area contributed by atoms with Crippen LogP contribution in [0.15, 0.2) is 29.2 Å². The summed E-state index contributed by atoms with van der Waals surface area (Å²) in [5.41, 5.74) is 0.408. The van der Waals surface area contributed by atoms with Gasteiger partial charge in [-0.1, -0.05) is 32.9 Å². The van der Waals surface area contributed by atoms with E-state index in [-0.39, 0.29) is 35.6 Å². The van der Waals surface area contributed by atoms with E-state index in [1.54, 1.807) is 12.1 Å². The van der Waals surface area contributed by atoms with Gasteiger partial charge in [0.15, 0.2) is 5.69 Å². The summed E-state index contributed by atoms with van der Waals surface area (Å²) in [6, 6.07) is 6.57. The zero-order chi connectivity index (χ0) is 21.4. The van der Waals surface area contributed by atoms with Crippen molar-refractivity contribution in [3.8, 4) is 0 Å². The van der Waals surface area contributed by atoms with Gasteiger partial charge in [-0.05, 0) is 23.1 Å². The number of halogens is 3. The van der Waals surface area contributed by atoms with Crippen LogP contribution >= 0.6 is 0 Å². The van der Waals surface area contributed by atoms with Gasteiger partial charge in [0.25, 0.3) is 0 Å². The van der Waals surface area contributed by atoms with Crippen molar-refractivity contribution in [3.05, 3.63) is 46.8 Å². The summed E-state index contributed by atoms with van der Waals surface area (Å²) in [6.07, 6.45) is -4.27. The van der Waals surface area contributed by atoms with E-state index in [0.29, 0.717) is 18.7 Å². The summed E-state index contributed by atoms with van der Waals surface area (Å²) in [5, 5.41) is 3.67. The molecular weight excluding hydrogens is 407 g/mol. The number of nitrogens with one attached hydrogen (secondary N) is 1. The molecule has 1 aliphatic rings. The molecule has 0 saturated carbocycles. The SMILES string of the molecule is CC(C)(C)c1ccc(S(=O)(=O)NCCn2nc(C(F)(F)F)c3c2CCOC3)cc1. The van der Waals surface area contributed by atoms with Gasteiger partial charge in [-0.3, -0.25) is 4.68 Å². The summed E-state index contributed by atoms with van der Waals surface area (Å²) in [7, 11) is -3.77. The first-order valence-corrected chi connectivity index (χ1v) is 10.7. The number of alkyl halides is 3. The molecule has 0 aliphatic carbocycles. The molecule has 160 valence electrons. The predicted molar refractivity (Wildman–Crippen MR) is 101 cm³/mol. The highest BCUT2D eigenvalue weighted by Gasteiger charge is 2.39. The molecule has 0 saturated heterocycles. The first kappa shape index (κ1) is 21.8. The molecule has 1 aromatic heterocycles. The maximum absolute atomic E-state index is 13.2. The Morgan fingerprint density at radius 1 is 1.17 bits per heavy atom. The van der Waals surface area contributed by atoms with Gasteiger partial charge in [-0.2, -0.15) is 18.3 Å². The monoisotopic (exact) mass is 431 g/mol. The van der Waals surface area contributed by atoms with E-state index in [1.807, 2.05) is 20.8 Å². The zero-order valence-corrected chi connectivity index (χ0v) is 17.3. The molecule has 10 heteroatoms. The average Bonchev–Trinajstić information content (AvgIpc) is 3.00. The van der Waals surface area contributed by atoms with Gasteiger partial charge >= 0.3 is 6.18 Å². The fourth-order valence-corrected chi connectivity index (χ4v) is 4.25. The van der Waals surface area contributed by atoms with Crippen LogP contribution in [-0.2, 0) is 45.9 Å². The minimum absolute atomic E-state index is 0.00226. The van der Waals surface area contributed by atoms with Crippen LogP contribution in [0.2, 0.25) is 0 Å². The lowest BCUT2D eigenvalue weighted by molar-refractivity contribution is -0.142. The van der Waals surface area contributed by atoms with E-state index in [2.05, 4.69) is 9.82 Å². The normalized spacial score (nSPS) is 15.4. The summed E-state index contributed by atoms with van der Waals surface area (Å²) < 4.78 is 73.4. The van der Waals surface area contributed by atoms with Crippen LogP contribution < -0.4 is 4.72 Å². The van der Waals surface area contributed by atoms with Gasteiger partial charge in [-0.15, -0.1) is 0 Å². The summed E-state index contributed by atoms with van der Waals surface area (Å²) in [5.74, 6) is 0. The molecule has 0 spiro atoms. The second-order valence-electron chi connectivity index (χ2n) is 7.97. The molecule has 1 aliphatic heterocycles. The van der Waals surface area contributed by atoms with E-state index in [4.69, 9.17) is 4.74 Å². The van der Waals surface area contributed by atoms with Crippen molar-refractivity contribution in [1.82, 2.24) is 14.5 Å². The molecule has 0 unspecified atom stereocenters. The highest BCUT2D eigenvalue weighted by atomic mass is 32.2. The van der Waals surface area contributed by atoms with E-state index in [0.717, 1.165) is 5.56 Å². The van der Waals surface area contributed by atoms with E-state index in [9.17, 15) is 21.6 Å². The van der Waals surface area contributed by atoms with Crippen LogP contribution in [0.5, 0.6) is 0 Å². The minimum atomic E-state index is -4.58. The lowest BCUT2D eigenvalue weighted by Gasteiger charge is -2.19. The molecule has 0 fully saturated rings. The number of aromatic nitrogens is 2. The average molecular weight is 431 g/mol. The zero-order valence-electron chi connectivity index (χ0n) is 16.5. The van der Waals surface area contributed by atoms with Crippen LogP contribution in [0.4, 0.5) is 13.2 Å². The van der Waals surface area contributed by atoms with Gasteiger partial charge in [0.2, 0.25) is 10.0 Å². The van der Waals surface area contributed by atoms with Gasteiger partial charge in [0.05, 0.1) is 24.7 Å². The third-order valence-electron chi connectivity index (χ3n) is 4.81. The molecule has 2 heterocycles. The van der Waals surface area contributed by atoms with E-state index in [1.165, 1.54) is 16.8 Å². The van der Waals surface area contributed by atoms with Crippen LogP contribution in [0.3, 0.4) is 0 Å². The lowest BCUT2D eigenvalue weighted by Crippen LogP contribution is -2.28. The maximum atomic E-state index is 13.2. The van der Waals surface area contributed by atoms with Crippen molar-refractivity contribution >= 4 is 10.0 Å². The molecule has 6 nitrogen and oxygen atoms in total. The second kappa shape index (κ2) is 7.73. The standard InChI is InChI=1S/C19H24F3N3O3S/c1-18(2,3)13-4-6-14(7-5-13)29(26,27)23-9-10-25-16-8-11-28-12-15(16)17(24-25)19(20,21)22/h4-7,23H,8-12H2,1-3H3. The topological polar surface area (TPSA) is 73.2 Å². The van der Waals surface area contributed by atoms with Gasteiger partial charge in [0.1, 0.15) is 0 Å². The summed E-state index contributed by atoms with van der Waals surface area (Å²) in [4.78, 5) is 0.109. The first-order valence-electron chi connectivity index (χ1n) is 9.23. The molecule has 0 amide bonds. The van der Waals surface area contributed by atoms with Crippen LogP contribution in [-0.4, -0.2) is 31.3 Å². The van der Waals surface area contributed by atoms with Gasteiger partial charge in [0, 0.05) is 24.2 Å². The smallest absolute Gasteiger partial charge is 0.376 e. The Labute approximate surface area is 168 Å². The van der Waals surface area contributed by atoms with Crippen LogP contribution in [0.25, 0.3) is 0 Å². The summed E-state index contributed by atoms with van der Waals surface area (Å²) >= 11 is 0. The van der Waals surface area contributed by atoms with Crippen molar-refractivity contribution in [3.63, 3.8) is 0 Å². The Bertz CT molecular complexity index is 975. The Kier molecular flexibility index (Phi) is 5.81. The van der Waals surface area contributed by atoms with Crippen molar-refractivity contribution < 1.29 is 26.3 Å². The fourth-order valence-electron chi connectivity index (χ4n) is 3.22. The predicted octanol–water partition coefficient (Wildman–Crippen LogP) is 3.25. The molecular formula is C19H24F3N3O3S. The molecule has 0 atom stereocenters. The minimum Gasteiger partial charge on any atom is -0.376 e. The first-order chi connectivity index (χ1) is 13.4. The number of nitrogens with zero attached hydrogens (tertiary/aromatic N) is 2. The fraction of sp³-hybridized carbons (Fsp3) is 0.526. The molecule has 0 bridgehead atoms. The third kappa shape index (κ3) is 4.81.